The Bertz CT molecular complexity index is 681. The molecular formula is C22H34O7. The molecule has 7 nitrogen and oxygen atoms in total. The summed E-state index contributed by atoms with van der Waals surface area (Å²) in [6.07, 6.45) is 4.99. The van der Waals surface area contributed by atoms with E-state index in [2.05, 4.69) is 0 Å². The zero-order chi connectivity index (χ0) is 21.9. The predicted molar refractivity (Wildman–Crippen MR) is 106 cm³/mol. The van der Waals surface area contributed by atoms with Crippen molar-refractivity contribution >= 4 is 17.7 Å². The van der Waals surface area contributed by atoms with Crippen LogP contribution in [0.25, 0.3) is 0 Å². The summed E-state index contributed by atoms with van der Waals surface area (Å²) in [5, 5.41) is 9.23. The molecule has 0 aliphatic carbocycles. The number of carbonyl (C=O) groups is 3. The van der Waals surface area contributed by atoms with Gasteiger partial charge < -0.3 is 19.3 Å². The third-order valence-corrected chi connectivity index (χ3v) is 6.08. The average molecular weight is 411 g/mol. The van der Waals surface area contributed by atoms with Crippen molar-refractivity contribution in [1.82, 2.24) is 0 Å². The van der Waals surface area contributed by atoms with E-state index in [9.17, 15) is 19.5 Å². The number of hydrogen-bond donors (Lipinski definition) is 1. The summed E-state index contributed by atoms with van der Waals surface area (Å²) in [4.78, 5) is 35.3. The number of carboxylic acid groups (broad SMARTS) is 1. The Morgan fingerprint density at radius 3 is 2.48 bits per heavy atom. The van der Waals surface area contributed by atoms with Gasteiger partial charge >= 0.3 is 11.9 Å². The molecule has 2 bridgehead atoms. The van der Waals surface area contributed by atoms with Crippen LogP contribution in [0.15, 0.2) is 11.6 Å². The van der Waals surface area contributed by atoms with Crippen LogP contribution in [0.5, 0.6) is 0 Å². The third-order valence-electron chi connectivity index (χ3n) is 6.08. The number of fused-ring (bicyclic) bond motifs is 2. The highest BCUT2D eigenvalue weighted by molar-refractivity contribution is 5.82. The largest absolute Gasteiger partial charge is 0.481 e. The summed E-state index contributed by atoms with van der Waals surface area (Å²) in [5.74, 6) is -2.62. The molecule has 2 fully saturated rings. The van der Waals surface area contributed by atoms with Crippen LogP contribution in [-0.2, 0) is 28.6 Å². The maximum atomic E-state index is 12.3. The molecule has 2 saturated heterocycles. The van der Waals surface area contributed by atoms with Crippen LogP contribution in [0.2, 0.25) is 0 Å². The molecule has 0 saturated carbocycles. The SMILES string of the molecule is CC(=O)OC12CCC(CC(=O)O)(CO[C@@]1(C)CCCC(C)C(=O)CC=C(C)C)O2. The van der Waals surface area contributed by atoms with Crippen molar-refractivity contribution in [3.63, 3.8) is 0 Å². The Hall–Kier alpha value is -1.73. The monoisotopic (exact) mass is 410 g/mol. The third kappa shape index (κ3) is 5.45. The topological polar surface area (TPSA) is 99.1 Å². The number of ketones is 1. The minimum absolute atomic E-state index is 0.0712. The van der Waals surface area contributed by atoms with Gasteiger partial charge in [-0.15, -0.1) is 0 Å². The smallest absolute Gasteiger partial charge is 0.306 e. The molecular weight excluding hydrogens is 376 g/mol. The maximum absolute atomic E-state index is 12.3. The molecule has 0 aromatic heterocycles. The van der Waals surface area contributed by atoms with Crippen LogP contribution in [0, 0.1) is 5.92 Å². The first-order valence-electron chi connectivity index (χ1n) is 10.3. The summed E-state index contributed by atoms with van der Waals surface area (Å²) >= 11 is 0. The molecule has 2 heterocycles. The summed E-state index contributed by atoms with van der Waals surface area (Å²) in [6.45, 7) is 9.18. The van der Waals surface area contributed by atoms with E-state index in [1.807, 2.05) is 33.8 Å². The molecule has 0 amide bonds. The normalized spacial score (nSPS) is 31.8. The van der Waals surface area contributed by atoms with E-state index >= 15 is 0 Å². The second-order valence-corrected chi connectivity index (χ2v) is 8.97. The van der Waals surface area contributed by atoms with Crippen LogP contribution in [-0.4, -0.2) is 46.4 Å². The van der Waals surface area contributed by atoms with Crippen molar-refractivity contribution in [3.05, 3.63) is 11.6 Å². The molecule has 0 aromatic carbocycles. The molecule has 4 atom stereocenters. The van der Waals surface area contributed by atoms with Crippen LogP contribution in [0.4, 0.5) is 0 Å². The molecule has 0 aromatic rings. The first kappa shape index (κ1) is 23.5. The number of carboxylic acids is 1. The number of rotatable bonds is 10. The number of aliphatic carboxylic acids is 1. The number of Topliss-reactive ketones (excluding diaryl/α,β-unsaturated/α-hetero) is 1. The van der Waals surface area contributed by atoms with Crippen molar-refractivity contribution in [3.8, 4) is 0 Å². The highest BCUT2D eigenvalue weighted by Gasteiger charge is 2.66. The predicted octanol–water partition coefficient (Wildman–Crippen LogP) is 3.79. The standard InChI is InChI=1S/C22H34O7/c1-15(2)8-9-18(24)16(3)7-6-10-20(5)22(28-17(4)23)12-11-21(29-22,14-27-20)13-19(25)26/h8,16H,6-7,9-14H2,1-5H3,(H,25,26)/t16?,20-,21?,22?/m0/s1. The van der Waals surface area contributed by atoms with Crippen LogP contribution in [0.3, 0.4) is 0 Å². The lowest BCUT2D eigenvalue weighted by Gasteiger charge is -2.50. The lowest BCUT2D eigenvalue weighted by atomic mass is 9.85. The molecule has 1 N–H and O–H groups in total. The van der Waals surface area contributed by atoms with E-state index in [-0.39, 0.29) is 24.7 Å². The van der Waals surface area contributed by atoms with E-state index in [1.165, 1.54) is 6.92 Å². The van der Waals surface area contributed by atoms with E-state index in [0.29, 0.717) is 38.5 Å². The quantitative estimate of drug-likeness (QED) is 0.432. The summed E-state index contributed by atoms with van der Waals surface area (Å²) in [6, 6.07) is 0. The summed E-state index contributed by atoms with van der Waals surface area (Å²) in [7, 11) is 0. The van der Waals surface area contributed by atoms with Gasteiger partial charge in [-0.05, 0) is 46.5 Å². The number of esters is 1. The number of carbonyl (C=O) groups excluding carboxylic acids is 2. The fraction of sp³-hybridized carbons (Fsp3) is 0.773. The zero-order valence-electron chi connectivity index (χ0n) is 18.2. The number of hydrogen-bond acceptors (Lipinski definition) is 6. The molecule has 0 radical (unpaired) electrons. The number of allylic oxidation sites excluding steroid dienone is 2. The van der Waals surface area contributed by atoms with Gasteiger partial charge in [0.05, 0.1) is 13.0 Å². The highest BCUT2D eigenvalue weighted by atomic mass is 16.8. The molecule has 2 aliphatic heterocycles. The molecule has 3 unspecified atom stereocenters. The van der Waals surface area contributed by atoms with E-state index in [4.69, 9.17) is 14.2 Å². The van der Waals surface area contributed by atoms with Gasteiger partial charge in [-0.3, -0.25) is 14.4 Å². The van der Waals surface area contributed by atoms with Gasteiger partial charge in [0, 0.05) is 25.7 Å². The highest BCUT2D eigenvalue weighted by Crippen LogP contribution is 2.54. The second kappa shape index (κ2) is 8.96. The van der Waals surface area contributed by atoms with E-state index in [1.54, 1.807) is 0 Å². The average Bonchev–Trinajstić information content (AvgIpc) is 2.91. The lowest BCUT2D eigenvalue weighted by molar-refractivity contribution is -0.366. The Morgan fingerprint density at radius 1 is 1.21 bits per heavy atom. The van der Waals surface area contributed by atoms with Crippen molar-refractivity contribution in [2.24, 2.45) is 5.92 Å². The van der Waals surface area contributed by atoms with E-state index in [0.717, 1.165) is 5.57 Å². The van der Waals surface area contributed by atoms with Crippen molar-refractivity contribution in [1.29, 1.82) is 0 Å². The molecule has 164 valence electrons. The zero-order valence-corrected chi connectivity index (χ0v) is 18.2. The van der Waals surface area contributed by atoms with Gasteiger partial charge in [-0.2, -0.15) is 0 Å². The van der Waals surface area contributed by atoms with Gasteiger partial charge in [0.1, 0.15) is 17.0 Å². The molecule has 0 spiro atoms. The van der Waals surface area contributed by atoms with Crippen molar-refractivity contribution < 1.29 is 33.7 Å². The fourth-order valence-corrected chi connectivity index (χ4v) is 4.26. The van der Waals surface area contributed by atoms with Gasteiger partial charge in [0.15, 0.2) is 0 Å². The first-order valence-corrected chi connectivity index (χ1v) is 10.3. The lowest BCUT2D eigenvalue weighted by Crippen LogP contribution is -2.63. The second-order valence-electron chi connectivity index (χ2n) is 8.97. The fourth-order valence-electron chi connectivity index (χ4n) is 4.26. The van der Waals surface area contributed by atoms with Crippen molar-refractivity contribution in [2.75, 3.05) is 6.61 Å². The Morgan fingerprint density at radius 2 is 1.90 bits per heavy atom. The van der Waals surface area contributed by atoms with Crippen LogP contribution >= 0.6 is 0 Å². The Balaban J connectivity index is 2.05. The summed E-state index contributed by atoms with van der Waals surface area (Å²) in [5.41, 5.74) is -0.728. The van der Waals surface area contributed by atoms with Crippen LogP contribution < -0.4 is 0 Å². The molecule has 7 heteroatoms. The Labute approximate surface area is 172 Å². The molecule has 2 rings (SSSR count). The van der Waals surface area contributed by atoms with Crippen molar-refractivity contribution in [2.45, 2.75) is 96.6 Å². The minimum atomic E-state index is -1.29. The molecule has 29 heavy (non-hydrogen) atoms. The minimum Gasteiger partial charge on any atom is -0.481 e. The first-order chi connectivity index (χ1) is 13.4. The number of ether oxygens (including phenoxy) is 3. The van der Waals surface area contributed by atoms with Gasteiger partial charge in [-0.25, -0.2) is 0 Å². The van der Waals surface area contributed by atoms with Crippen LogP contribution in [0.1, 0.15) is 79.6 Å². The van der Waals surface area contributed by atoms with Gasteiger partial charge in [0.2, 0.25) is 5.79 Å². The maximum Gasteiger partial charge on any atom is 0.306 e. The van der Waals surface area contributed by atoms with E-state index < -0.39 is 28.9 Å². The Kier molecular flexibility index (Phi) is 7.28. The summed E-state index contributed by atoms with van der Waals surface area (Å²) < 4.78 is 17.9. The van der Waals surface area contributed by atoms with Gasteiger partial charge in [0.25, 0.3) is 0 Å². The molecule has 2 aliphatic rings. The van der Waals surface area contributed by atoms with Gasteiger partial charge in [-0.1, -0.05) is 18.6 Å².